The predicted molar refractivity (Wildman–Crippen MR) is 110 cm³/mol. The van der Waals surface area contributed by atoms with Crippen LogP contribution in [0, 0.1) is 5.92 Å². The quantitative estimate of drug-likeness (QED) is 0.391. The monoisotopic (exact) mass is 444 g/mol. The molecule has 0 radical (unpaired) electrons. The Labute approximate surface area is 159 Å². The van der Waals surface area contributed by atoms with Gasteiger partial charge < -0.3 is 10.6 Å². The molecule has 0 aliphatic heterocycles. The molecule has 1 unspecified atom stereocenters. The van der Waals surface area contributed by atoms with Crippen molar-refractivity contribution < 1.29 is 0 Å². The second-order valence-electron chi connectivity index (χ2n) is 5.34. The molecular weight excluding hydrogens is 419 g/mol. The fourth-order valence-corrected chi connectivity index (χ4v) is 3.06. The van der Waals surface area contributed by atoms with E-state index >= 15 is 0 Å². The van der Waals surface area contributed by atoms with E-state index in [0.717, 1.165) is 37.6 Å². The zero-order chi connectivity index (χ0) is 15.6. The van der Waals surface area contributed by atoms with Gasteiger partial charge in [0.25, 0.3) is 0 Å². The van der Waals surface area contributed by atoms with E-state index in [9.17, 15) is 0 Å². The smallest absolute Gasteiger partial charge is 0.190 e. The largest absolute Gasteiger partial charge is 0.356 e. The second kappa shape index (κ2) is 11.4. The summed E-state index contributed by atoms with van der Waals surface area (Å²) in [6.07, 6.45) is 3.83. The number of rotatable bonds is 7. The molecule has 6 heteroatoms. The van der Waals surface area contributed by atoms with Gasteiger partial charge in [-0.15, -0.1) is 35.3 Å². The number of hydrogen-bond acceptors (Lipinski definition) is 3. The van der Waals surface area contributed by atoms with E-state index in [1.165, 1.54) is 4.88 Å². The van der Waals surface area contributed by atoms with Crippen molar-refractivity contribution in [3.8, 4) is 0 Å². The predicted octanol–water partition coefficient (Wildman–Crippen LogP) is 3.35. The first-order valence-electron chi connectivity index (χ1n) is 7.64. The molecule has 0 amide bonds. The number of thiophene rings is 1. The molecule has 1 atom stereocenters. The minimum Gasteiger partial charge on any atom is -0.356 e. The highest BCUT2D eigenvalue weighted by Gasteiger charge is 2.06. The summed E-state index contributed by atoms with van der Waals surface area (Å²) in [5, 5.41) is 8.86. The number of nitrogens with one attached hydrogen (secondary N) is 2. The molecule has 0 saturated carbocycles. The van der Waals surface area contributed by atoms with Gasteiger partial charge >= 0.3 is 0 Å². The van der Waals surface area contributed by atoms with Gasteiger partial charge in [0.2, 0.25) is 0 Å². The number of guanidine groups is 1. The molecule has 2 aromatic heterocycles. The first-order chi connectivity index (χ1) is 10.8. The highest BCUT2D eigenvalue weighted by Crippen LogP contribution is 2.13. The van der Waals surface area contributed by atoms with Crippen LogP contribution in [0.4, 0.5) is 0 Å². The number of pyridine rings is 1. The van der Waals surface area contributed by atoms with Crippen LogP contribution in [0.1, 0.15) is 17.5 Å². The van der Waals surface area contributed by atoms with Crippen molar-refractivity contribution in [2.75, 3.05) is 20.1 Å². The van der Waals surface area contributed by atoms with Crippen molar-refractivity contribution in [1.82, 2.24) is 15.6 Å². The average Bonchev–Trinajstić information content (AvgIpc) is 3.04. The maximum atomic E-state index is 4.32. The molecule has 2 aromatic rings. The molecule has 0 aromatic carbocycles. The fraction of sp³-hybridized carbons (Fsp3) is 0.412. The van der Waals surface area contributed by atoms with E-state index in [1.807, 2.05) is 35.7 Å². The lowest BCUT2D eigenvalue weighted by atomic mass is 10.1. The van der Waals surface area contributed by atoms with E-state index in [-0.39, 0.29) is 24.0 Å². The molecule has 0 aliphatic carbocycles. The summed E-state index contributed by atoms with van der Waals surface area (Å²) in [6.45, 7) is 4.01. The summed E-state index contributed by atoms with van der Waals surface area (Å²) in [6, 6.07) is 10.3. The van der Waals surface area contributed by atoms with Crippen molar-refractivity contribution in [2.24, 2.45) is 10.9 Å². The maximum Gasteiger partial charge on any atom is 0.190 e. The highest BCUT2D eigenvalue weighted by molar-refractivity contribution is 14.0. The molecule has 0 spiro atoms. The minimum absolute atomic E-state index is 0. The van der Waals surface area contributed by atoms with Crippen molar-refractivity contribution in [2.45, 2.75) is 19.8 Å². The van der Waals surface area contributed by atoms with Gasteiger partial charge in [-0.25, -0.2) is 0 Å². The molecule has 0 saturated heterocycles. The van der Waals surface area contributed by atoms with Gasteiger partial charge in [0.05, 0.1) is 0 Å². The van der Waals surface area contributed by atoms with Crippen LogP contribution < -0.4 is 10.6 Å². The molecule has 0 bridgehead atoms. The van der Waals surface area contributed by atoms with Crippen LogP contribution in [0.3, 0.4) is 0 Å². The lowest BCUT2D eigenvalue weighted by molar-refractivity contribution is 0.562. The van der Waals surface area contributed by atoms with Gasteiger partial charge in [-0.05, 0) is 35.9 Å². The fourth-order valence-electron chi connectivity index (χ4n) is 2.19. The molecule has 2 heterocycles. The van der Waals surface area contributed by atoms with Gasteiger partial charge in [0, 0.05) is 43.3 Å². The molecule has 0 aliphatic rings. The number of halogens is 1. The zero-order valence-electron chi connectivity index (χ0n) is 13.7. The third kappa shape index (κ3) is 7.78. The number of aromatic nitrogens is 1. The van der Waals surface area contributed by atoms with Crippen molar-refractivity contribution in [3.63, 3.8) is 0 Å². The van der Waals surface area contributed by atoms with Crippen molar-refractivity contribution in [3.05, 3.63) is 52.5 Å². The molecule has 4 nitrogen and oxygen atoms in total. The first kappa shape index (κ1) is 19.9. The van der Waals surface area contributed by atoms with Gasteiger partial charge in [-0.3, -0.25) is 9.98 Å². The van der Waals surface area contributed by atoms with Crippen LogP contribution in [0.2, 0.25) is 0 Å². The summed E-state index contributed by atoms with van der Waals surface area (Å²) in [5.41, 5.74) is 1.09. The Balaban J connectivity index is 0.00000264. The number of aliphatic imine (C=N–C) groups is 1. The number of nitrogens with zero attached hydrogens (tertiary/aromatic N) is 2. The summed E-state index contributed by atoms with van der Waals surface area (Å²) < 4.78 is 0. The maximum absolute atomic E-state index is 4.32. The minimum atomic E-state index is 0. The Kier molecular flexibility index (Phi) is 9.86. The lowest BCUT2D eigenvalue weighted by Crippen LogP contribution is -2.40. The first-order valence-corrected chi connectivity index (χ1v) is 8.52. The molecule has 126 valence electrons. The van der Waals surface area contributed by atoms with Crippen LogP contribution in [0.15, 0.2) is 46.9 Å². The third-order valence-corrected chi connectivity index (χ3v) is 4.27. The van der Waals surface area contributed by atoms with Gasteiger partial charge in [0.1, 0.15) is 0 Å². The topological polar surface area (TPSA) is 49.3 Å². The molecule has 23 heavy (non-hydrogen) atoms. The van der Waals surface area contributed by atoms with E-state index in [1.54, 1.807) is 7.05 Å². The summed E-state index contributed by atoms with van der Waals surface area (Å²) >= 11 is 1.82. The zero-order valence-corrected chi connectivity index (χ0v) is 16.8. The van der Waals surface area contributed by atoms with E-state index in [0.29, 0.717) is 5.92 Å². The molecule has 2 N–H and O–H groups in total. The van der Waals surface area contributed by atoms with Crippen molar-refractivity contribution >= 4 is 41.3 Å². The van der Waals surface area contributed by atoms with E-state index in [4.69, 9.17) is 0 Å². The SMILES string of the molecule is CN=C(NCCc1ccccn1)NCC(C)Cc1cccs1.I. The Morgan fingerprint density at radius 2 is 2.13 bits per heavy atom. The molecule has 2 rings (SSSR count). The molecular formula is C17H25IN4S. The lowest BCUT2D eigenvalue weighted by Gasteiger charge is -2.15. The second-order valence-corrected chi connectivity index (χ2v) is 6.37. The summed E-state index contributed by atoms with van der Waals surface area (Å²) in [4.78, 5) is 10.0. The normalized spacial score (nSPS) is 12.3. The van der Waals surface area contributed by atoms with Crippen LogP contribution in [-0.2, 0) is 12.8 Å². The summed E-state index contributed by atoms with van der Waals surface area (Å²) in [5.74, 6) is 1.43. The Morgan fingerprint density at radius 1 is 1.26 bits per heavy atom. The van der Waals surface area contributed by atoms with Crippen LogP contribution >= 0.6 is 35.3 Å². The van der Waals surface area contributed by atoms with Gasteiger partial charge in [-0.2, -0.15) is 0 Å². The van der Waals surface area contributed by atoms with Gasteiger partial charge in [-0.1, -0.05) is 19.1 Å². The van der Waals surface area contributed by atoms with Crippen LogP contribution in [0.25, 0.3) is 0 Å². The standard InChI is InChI=1S/C17H24N4S.HI/c1-14(12-16-7-5-11-22-16)13-21-17(18-2)20-10-8-15-6-3-4-9-19-15;/h3-7,9,11,14H,8,10,12-13H2,1-2H3,(H2,18,20,21);1H. The van der Waals surface area contributed by atoms with Crippen molar-refractivity contribution in [1.29, 1.82) is 0 Å². The summed E-state index contributed by atoms with van der Waals surface area (Å²) in [7, 11) is 1.81. The van der Waals surface area contributed by atoms with Crippen LogP contribution in [-0.4, -0.2) is 31.1 Å². The van der Waals surface area contributed by atoms with Gasteiger partial charge in [0.15, 0.2) is 5.96 Å². The van der Waals surface area contributed by atoms with Crippen LogP contribution in [0.5, 0.6) is 0 Å². The van der Waals surface area contributed by atoms with E-state index < -0.39 is 0 Å². The Morgan fingerprint density at radius 3 is 2.78 bits per heavy atom. The third-order valence-electron chi connectivity index (χ3n) is 3.37. The Hall–Kier alpha value is -1.15. The Bertz CT molecular complexity index is 557. The molecule has 0 fully saturated rings. The average molecular weight is 444 g/mol. The number of hydrogen-bond donors (Lipinski definition) is 2. The van der Waals surface area contributed by atoms with E-state index in [2.05, 4.69) is 45.0 Å². The highest BCUT2D eigenvalue weighted by atomic mass is 127.